The molecule has 0 saturated carbocycles. The molecular weight excluding hydrogens is 180 g/mol. The minimum absolute atomic E-state index is 0.0265. The van der Waals surface area contributed by atoms with Gasteiger partial charge in [-0.2, -0.15) is 0 Å². The summed E-state index contributed by atoms with van der Waals surface area (Å²) in [5.41, 5.74) is 2.34. The molecule has 1 rings (SSSR count). The summed E-state index contributed by atoms with van der Waals surface area (Å²) in [6.45, 7) is 4.55. The molecular formula is C10H12N2O2. The lowest BCUT2D eigenvalue weighted by atomic mass is 10.4. The maximum Gasteiger partial charge on any atom is 0.252 e. The summed E-state index contributed by atoms with van der Waals surface area (Å²) in [5, 5.41) is 2.44. The van der Waals surface area contributed by atoms with E-state index in [1.54, 1.807) is 4.90 Å². The van der Waals surface area contributed by atoms with Gasteiger partial charge in [0.15, 0.2) is 0 Å². The molecule has 1 heterocycles. The van der Waals surface area contributed by atoms with Crippen molar-refractivity contribution in [2.24, 2.45) is 0 Å². The summed E-state index contributed by atoms with van der Waals surface area (Å²) >= 11 is 0. The Morgan fingerprint density at radius 1 is 1.50 bits per heavy atom. The van der Waals surface area contributed by atoms with E-state index in [4.69, 9.17) is 0 Å². The number of hydrogen-bond acceptors (Lipinski definition) is 2. The van der Waals surface area contributed by atoms with Gasteiger partial charge in [0.25, 0.3) is 5.91 Å². The van der Waals surface area contributed by atoms with Gasteiger partial charge in [-0.1, -0.05) is 18.7 Å². The van der Waals surface area contributed by atoms with Crippen molar-refractivity contribution in [3.8, 4) is 0 Å². The highest BCUT2D eigenvalue weighted by Gasteiger charge is 2.13. The first-order valence-corrected chi connectivity index (χ1v) is 4.30. The van der Waals surface area contributed by atoms with Gasteiger partial charge in [-0.3, -0.25) is 9.59 Å². The van der Waals surface area contributed by atoms with Gasteiger partial charge in [0.05, 0.1) is 6.54 Å². The Kier molecular flexibility index (Phi) is 3.70. The molecule has 74 valence electrons. The lowest BCUT2D eigenvalue weighted by Crippen LogP contribution is -2.38. The van der Waals surface area contributed by atoms with Crippen molar-refractivity contribution >= 4 is 11.8 Å². The van der Waals surface area contributed by atoms with Gasteiger partial charge in [0.1, 0.15) is 0 Å². The standard InChI is InChI=1S/C10H12N2O2/c1-2-5-9(13)11-8-10(14)12-6-3-4-7-12/h3-5H,1,6-8H2,(H,11,13). The quantitative estimate of drug-likeness (QED) is 0.384. The molecule has 0 aromatic heterocycles. The molecule has 0 saturated heterocycles. The Morgan fingerprint density at radius 3 is 2.71 bits per heavy atom. The summed E-state index contributed by atoms with van der Waals surface area (Å²) in [6, 6.07) is 0. The third kappa shape index (κ3) is 2.92. The molecule has 14 heavy (non-hydrogen) atoms. The third-order valence-electron chi connectivity index (χ3n) is 1.82. The van der Waals surface area contributed by atoms with Crippen LogP contribution >= 0.6 is 0 Å². The van der Waals surface area contributed by atoms with Gasteiger partial charge >= 0.3 is 0 Å². The lowest BCUT2D eigenvalue weighted by molar-refractivity contribution is -0.130. The van der Waals surface area contributed by atoms with Crippen molar-refractivity contribution in [3.63, 3.8) is 0 Å². The Hall–Kier alpha value is -1.80. The number of rotatable bonds is 3. The molecule has 0 unspecified atom stereocenters. The molecule has 0 atom stereocenters. The first-order valence-electron chi connectivity index (χ1n) is 4.30. The van der Waals surface area contributed by atoms with Gasteiger partial charge in [-0.05, 0) is 0 Å². The average molecular weight is 192 g/mol. The van der Waals surface area contributed by atoms with E-state index in [9.17, 15) is 9.59 Å². The van der Waals surface area contributed by atoms with Gasteiger partial charge < -0.3 is 10.2 Å². The van der Waals surface area contributed by atoms with E-state index in [2.05, 4.69) is 17.6 Å². The molecule has 0 radical (unpaired) electrons. The van der Waals surface area contributed by atoms with Crippen LogP contribution in [0.3, 0.4) is 0 Å². The molecule has 0 aliphatic carbocycles. The van der Waals surface area contributed by atoms with Crippen molar-refractivity contribution < 1.29 is 9.59 Å². The van der Waals surface area contributed by atoms with Gasteiger partial charge in [0, 0.05) is 19.2 Å². The summed E-state index contributed by atoms with van der Waals surface area (Å²) in [6.07, 6.45) is 5.00. The fourth-order valence-corrected chi connectivity index (χ4v) is 1.10. The second-order valence-electron chi connectivity index (χ2n) is 2.84. The molecule has 4 nitrogen and oxygen atoms in total. The zero-order valence-corrected chi connectivity index (χ0v) is 7.82. The number of carbonyl (C=O) groups excluding carboxylic acids is 2. The first kappa shape index (κ1) is 10.3. The molecule has 2 amide bonds. The highest BCUT2D eigenvalue weighted by molar-refractivity contribution is 5.91. The second kappa shape index (κ2) is 5.04. The Labute approximate surface area is 82.6 Å². The maximum atomic E-state index is 11.4. The van der Waals surface area contributed by atoms with Crippen molar-refractivity contribution in [1.82, 2.24) is 10.2 Å². The van der Waals surface area contributed by atoms with Crippen molar-refractivity contribution in [2.75, 3.05) is 19.6 Å². The van der Waals surface area contributed by atoms with Crippen molar-refractivity contribution in [3.05, 3.63) is 30.5 Å². The lowest BCUT2D eigenvalue weighted by Gasteiger charge is -2.14. The number of amides is 2. The number of hydrogen-bond donors (Lipinski definition) is 1. The van der Waals surface area contributed by atoms with Crippen LogP contribution in [0.5, 0.6) is 0 Å². The SMILES string of the molecule is C=C=CC(=O)NCC(=O)N1CC=CC1. The Morgan fingerprint density at radius 2 is 2.14 bits per heavy atom. The van der Waals surface area contributed by atoms with Crippen LogP contribution in [0.1, 0.15) is 0 Å². The molecule has 1 N–H and O–H groups in total. The second-order valence-corrected chi connectivity index (χ2v) is 2.84. The van der Waals surface area contributed by atoms with E-state index >= 15 is 0 Å². The summed E-state index contributed by atoms with van der Waals surface area (Å²) in [7, 11) is 0. The molecule has 4 heteroatoms. The van der Waals surface area contributed by atoms with E-state index in [-0.39, 0.29) is 18.4 Å². The molecule has 0 aromatic rings. The first-order chi connectivity index (χ1) is 6.74. The zero-order chi connectivity index (χ0) is 10.4. The predicted octanol–water partition coefficient (Wildman–Crippen LogP) is -0.158. The van der Waals surface area contributed by atoms with Gasteiger partial charge in [0.2, 0.25) is 5.91 Å². The fourth-order valence-electron chi connectivity index (χ4n) is 1.10. The average Bonchev–Trinajstić information content (AvgIpc) is 2.67. The van der Waals surface area contributed by atoms with Crippen LogP contribution in [-0.2, 0) is 9.59 Å². The van der Waals surface area contributed by atoms with Gasteiger partial charge in [-0.25, -0.2) is 0 Å². The van der Waals surface area contributed by atoms with Crippen LogP contribution < -0.4 is 5.32 Å². The van der Waals surface area contributed by atoms with E-state index < -0.39 is 0 Å². The molecule has 0 spiro atoms. The minimum atomic E-state index is -0.347. The third-order valence-corrected chi connectivity index (χ3v) is 1.82. The van der Waals surface area contributed by atoms with E-state index in [0.29, 0.717) is 13.1 Å². The van der Waals surface area contributed by atoms with Crippen molar-refractivity contribution in [1.29, 1.82) is 0 Å². The van der Waals surface area contributed by atoms with E-state index in [1.807, 2.05) is 12.2 Å². The molecule has 0 fully saturated rings. The summed E-state index contributed by atoms with van der Waals surface area (Å²) in [5.74, 6) is -0.429. The molecule has 1 aliphatic rings. The van der Waals surface area contributed by atoms with Crippen molar-refractivity contribution in [2.45, 2.75) is 0 Å². The van der Waals surface area contributed by atoms with E-state index in [1.165, 1.54) is 0 Å². The summed E-state index contributed by atoms with van der Waals surface area (Å²) < 4.78 is 0. The van der Waals surface area contributed by atoms with Crippen LogP contribution in [0, 0.1) is 0 Å². The Balaban J connectivity index is 2.27. The number of nitrogens with zero attached hydrogens (tertiary/aromatic N) is 1. The van der Waals surface area contributed by atoms with Crippen LogP contribution in [0.4, 0.5) is 0 Å². The number of carbonyl (C=O) groups is 2. The maximum absolute atomic E-state index is 11.4. The summed E-state index contributed by atoms with van der Waals surface area (Å²) in [4.78, 5) is 23.9. The highest BCUT2D eigenvalue weighted by Crippen LogP contribution is 1.97. The molecule has 1 aliphatic heterocycles. The van der Waals surface area contributed by atoms with Crippen LogP contribution in [0.25, 0.3) is 0 Å². The fraction of sp³-hybridized carbons (Fsp3) is 0.300. The van der Waals surface area contributed by atoms with Crippen LogP contribution in [0.2, 0.25) is 0 Å². The largest absolute Gasteiger partial charge is 0.343 e. The van der Waals surface area contributed by atoms with Gasteiger partial charge in [-0.15, -0.1) is 5.73 Å². The predicted molar refractivity (Wildman–Crippen MR) is 52.4 cm³/mol. The smallest absolute Gasteiger partial charge is 0.252 e. The monoisotopic (exact) mass is 192 g/mol. The molecule has 0 bridgehead atoms. The minimum Gasteiger partial charge on any atom is -0.343 e. The normalized spacial score (nSPS) is 13.6. The van der Waals surface area contributed by atoms with Crippen LogP contribution in [0.15, 0.2) is 30.5 Å². The van der Waals surface area contributed by atoms with E-state index in [0.717, 1.165) is 6.08 Å². The van der Waals surface area contributed by atoms with Crippen LogP contribution in [-0.4, -0.2) is 36.3 Å². The molecule has 0 aromatic carbocycles. The Bertz CT molecular complexity index is 306. The highest BCUT2D eigenvalue weighted by atomic mass is 16.2. The number of nitrogens with one attached hydrogen (secondary N) is 1. The zero-order valence-electron chi connectivity index (χ0n) is 7.82. The topological polar surface area (TPSA) is 49.4 Å².